The summed E-state index contributed by atoms with van der Waals surface area (Å²) in [7, 11) is 1.59. The predicted octanol–water partition coefficient (Wildman–Crippen LogP) is 5.81. The van der Waals surface area contributed by atoms with E-state index in [1.165, 1.54) is 43.4 Å². The molecule has 1 unspecified atom stereocenters. The Bertz CT molecular complexity index is 1320. The summed E-state index contributed by atoms with van der Waals surface area (Å²) in [6, 6.07) is 13.1. The summed E-state index contributed by atoms with van der Waals surface area (Å²) in [4.78, 5) is 42.9. The van der Waals surface area contributed by atoms with E-state index in [4.69, 9.17) is 21.7 Å². The maximum atomic E-state index is 14.0. The number of rotatable bonds is 10. The van der Waals surface area contributed by atoms with Gasteiger partial charge in [0.1, 0.15) is 11.8 Å². The molecule has 5 aliphatic rings. The summed E-state index contributed by atoms with van der Waals surface area (Å²) in [5.41, 5.74) is 1.95. The second-order valence-corrected chi connectivity index (χ2v) is 12.9. The molecule has 1 heterocycles. The molecule has 222 valence electrons. The molecule has 42 heavy (non-hydrogen) atoms. The van der Waals surface area contributed by atoms with Gasteiger partial charge in [-0.25, -0.2) is 4.79 Å². The van der Waals surface area contributed by atoms with E-state index < -0.39 is 12.0 Å². The molecule has 4 bridgehead atoms. The molecule has 4 aliphatic carbocycles. The molecule has 9 heteroatoms. The lowest BCUT2D eigenvalue weighted by molar-refractivity contribution is -0.124. The minimum Gasteiger partial charge on any atom is -0.497 e. The van der Waals surface area contributed by atoms with Crippen LogP contribution in [-0.2, 0) is 14.3 Å². The van der Waals surface area contributed by atoms with Crippen molar-refractivity contribution in [1.82, 2.24) is 4.90 Å². The number of nitrogens with zero attached hydrogens (tertiary/aromatic N) is 2. The van der Waals surface area contributed by atoms with E-state index in [0.29, 0.717) is 39.8 Å². The second kappa shape index (κ2) is 11.7. The van der Waals surface area contributed by atoms with Crippen LogP contribution in [0.2, 0.25) is 0 Å². The van der Waals surface area contributed by atoms with Crippen molar-refractivity contribution < 1.29 is 23.9 Å². The van der Waals surface area contributed by atoms with Crippen molar-refractivity contribution in [2.24, 2.45) is 23.2 Å². The Balaban J connectivity index is 1.21. The lowest BCUT2D eigenvalue weighted by atomic mass is 9.49. The largest absolute Gasteiger partial charge is 0.497 e. The molecule has 7 rings (SSSR count). The van der Waals surface area contributed by atoms with Crippen molar-refractivity contribution in [2.45, 2.75) is 64.3 Å². The predicted molar refractivity (Wildman–Crippen MR) is 164 cm³/mol. The van der Waals surface area contributed by atoms with Gasteiger partial charge in [0.15, 0.2) is 5.11 Å². The van der Waals surface area contributed by atoms with Gasteiger partial charge in [-0.2, -0.15) is 0 Å². The third-order valence-corrected chi connectivity index (χ3v) is 10.2. The van der Waals surface area contributed by atoms with E-state index in [1.807, 2.05) is 4.90 Å². The number of amides is 2. The van der Waals surface area contributed by atoms with E-state index in [1.54, 1.807) is 62.6 Å². The van der Waals surface area contributed by atoms with Crippen LogP contribution in [0.3, 0.4) is 0 Å². The summed E-state index contributed by atoms with van der Waals surface area (Å²) in [6.45, 7) is 2.69. The number of thiocarbonyl (C=S) groups is 1. The second-order valence-electron chi connectivity index (χ2n) is 12.6. The first-order valence-electron chi connectivity index (χ1n) is 15.1. The summed E-state index contributed by atoms with van der Waals surface area (Å²) >= 11 is 5.94. The molecule has 1 N–H and O–H groups in total. The van der Waals surface area contributed by atoms with E-state index in [2.05, 4.69) is 5.32 Å². The lowest BCUT2D eigenvalue weighted by Crippen LogP contribution is -2.48. The molecule has 0 aromatic heterocycles. The molecule has 0 spiro atoms. The number of methoxy groups -OCH3 is 1. The molecule has 1 atom stereocenters. The van der Waals surface area contributed by atoms with E-state index in [0.717, 1.165) is 24.2 Å². The highest BCUT2D eigenvalue weighted by Gasteiger charge is 2.52. The first-order valence-corrected chi connectivity index (χ1v) is 15.5. The van der Waals surface area contributed by atoms with Crippen LogP contribution in [0.5, 0.6) is 5.75 Å². The monoisotopic (exact) mass is 589 g/mol. The molecule has 2 aromatic rings. The Morgan fingerprint density at radius 2 is 1.60 bits per heavy atom. The van der Waals surface area contributed by atoms with Gasteiger partial charge in [0.2, 0.25) is 5.91 Å². The quantitative estimate of drug-likeness (QED) is 0.276. The topological polar surface area (TPSA) is 88.2 Å². The van der Waals surface area contributed by atoms with Crippen LogP contribution in [0, 0.1) is 23.2 Å². The van der Waals surface area contributed by atoms with Crippen molar-refractivity contribution in [1.29, 1.82) is 0 Å². The number of anilines is 2. The van der Waals surface area contributed by atoms with Crippen molar-refractivity contribution in [2.75, 3.05) is 30.5 Å². The maximum absolute atomic E-state index is 14.0. The van der Waals surface area contributed by atoms with Crippen LogP contribution >= 0.6 is 12.2 Å². The van der Waals surface area contributed by atoms with E-state index >= 15 is 0 Å². The van der Waals surface area contributed by atoms with Crippen molar-refractivity contribution >= 4 is 46.5 Å². The Morgan fingerprint density at radius 1 is 0.976 bits per heavy atom. The van der Waals surface area contributed by atoms with Gasteiger partial charge in [0.05, 0.1) is 31.4 Å². The molecular weight excluding hydrogens is 550 g/mol. The number of carbonyl (C=O) groups excluding carboxylic acids is 3. The SMILES string of the molecule is CCOC(=O)c1ccc(N2C(=O)C(CC(=O)Nc3ccc(OC)cc3)N(CCC34CC5CC(CC(C5)C3)C4)C2=S)cc1. The number of carbonyl (C=O) groups is 3. The highest BCUT2D eigenvalue weighted by atomic mass is 32.1. The van der Waals surface area contributed by atoms with E-state index in [9.17, 15) is 14.4 Å². The Morgan fingerprint density at radius 3 is 2.17 bits per heavy atom. The van der Waals surface area contributed by atoms with Gasteiger partial charge in [-0.1, -0.05) is 0 Å². The molecule has 0 radical (unpaired) electrons. The van der Waals surface area contributed by atoms with Gasteiger partial charge in [-0.3, -0.25) is 14.5 Å². The minimum absolute atomic E-state index is 0.0106. The third-order valence-electron chi connectivity index (χ3n) is 9.76. The number of hydrogen-bond donors (Lipinski definition) is 1. The minimum atomic E-state index is -0.700. The molecule has 1 aliphatic heterocycles. The Labute approximate surface area is 252 Å². The van der Waals surface area contributed by atoms with Gasteiger partial charge in [0, 0.05) is 12.2 Å². The standard InChI is InChI=1S/C33H39N3O5S/c1-3-41-31(39)24-4-8-26(9-5-24)36-30(38)28(17-29(37)34-25-6-10-27(40-2)11-7-25)35(32(36)42)13-12-33-18-21-14-22(19-33)16-23(15-21)20-33/h4-11,21-23,28H,3,12-20H2,1-2H3,(H,34,37). The van der Waals surface area contributed by atoms with Crippen molar-refractivity contribution in [3.05, 3.63) is 54.1 Å². The van der Waals surface area contributed by atoms with Crippen LogP contribution < -0.4 is 15.0 Å². The number of benzene rings is 2. The molecule has 2 amide bonds. The number of nitrogens with one attached hydrogen (secondary N) is 1. The van der Waals surface area contributed by atoms with Crippen LogP contribution in [-0.4, -0.2) is 54.1 Å². The highest BCUT2D eigenvalue weighted by molar-refractivity contribution is 7.80. The summed E-state index contributed by atoms with van der Waals surface area (Å²) in [5.74, 6) is 2.33. The lowest BCUT2D eigenvalue weighted by Gasteiger charge is -2.57. The van der Waals surface area contributed by atoms with Gasteiger partial charge < -0.3 is 19.7 Å². The zero-order chi connectivity index (χ0) is 29.4. The molecule has 2 aromatic carbocycles. The summed E-state index contributed by atoms with van der Waals surface area (Å²) in [5, 5.41) is 3.34. The summed E-state index contributed by atoms with van der Waals surface area (Å²) < 4.78 is 10.3. The van der Waals surface area contributed by atoms with Crippen LogP contribution in [0.1, 0.15) is 68.6 Å². The first-order chi connectivity index (χ1) is 20.3. The molecule has 5 fully saturated rings. The highest BCUT2D eigenvalue weighted by Crippen LogP contribution is 2.61. The van der Waals surface area contributed by atoms with Crippen LogP contribution in [0.15, 0.2) is 48.5 Å². The fraction of sp³-hybridized carbons (Fsp3) is 0.515. The fourth-order valence-electron chi connectivity index (χ4n) is 8.30. The van der Waals surface area contributed by atoms with Gasteiger partial charge >= 0.3 is 5.97 Å². The first kappa shape index (κ1) is 28.6. The Hall–Kier alpha value is -3.46. The maximum Gasteiger partial charge on any atom is 0.338 e. The van der Waals surface area contributed by atoms with E-state index in [-0.39, 0.29) is 24.8 Å². The van der Waals surface area contributed by atoms with Gasteiger partial charge in [-0.05, 0) is 136 Å². The Kier molecular flexibility index (Phi) is 7.96. The van der Waals surface area contributed by atoms with Crippen LogP contribution in [0.4, 0.5) is 11.4 Å². The number of esters is 1. The third kappa shape index (κ3) is 5.63. The molecule has 4 saturated carbocycles. The van der Waals surface area contributed by atoms with Crippen molar-refractivity contribution in [3.8, 4) is 5.75 Å². The van der Waals surface area contributed by atoms with Gasteiger partial charge in [0.25, 0.3) is 5.91 Å². The molecular formula is C33H39N3O5S. The van der Waals surface area contributed by atoms with Gasteiger partial charge in [-0.15, -0.1) is 0 Å². The average Bonchev–Trinajstić information content (AvgIpc) is 3.19. The zero-order valence-corrected chi connectivity index (χ0v) is 25.2. The average molecular weight is 590 g/mol. The zero-order valence-electron chi connectivity index (χ0n) is 24.3. The molecule has 8 nitrogen and oxygen atoms in total. The number of ether oxygens (including phenoxy) is 2. The fourth-order valence-corrected chi connectivity index (χ4v) is 8.72. The van der Waals surface area contributed by atoms with Crippen molar-refractivity contribution in [3.63, 3.8) is 0 Å². The summed E-state index contributed by atoms with van der Waals surface area (Å²) in [6.07, 6.45) is 8.93. The number of hydrogen-bond acceptors (Lipinski definition) is 6. The normalized spacial score (nSPS) is 27.9. The smallest absolute Gasteiger partial charge is 0.338 e. The molecule has 1 saturated heterocycles. The van der Waals surface area contributed by atoms with Crippen LogP contribution in [0.25, 0.3) is 0 Å².